The molecule has 13 heavy (non-hydrogen) atoms. The highest BCUT2D eigenvalue weighted by Crippen LogP contribution is 2.06. The van der Waals surface area contributed by atoms with Crippen LogP contribution in [0.25, 0.3) is 5.70 Å². The normalized spacial score (nSPS) is 12.3. The van der Waals surface area contributed by atoms with E-state index >= 15 is 0 Å². The lowest BCUT2D eigenvalue weighted by Crippen LogP contribution is -1.93. The summed E-state index contributed by atoms with van der Waals surface area (Å²) >= 11 is 0. The van der Waals surface area contributed by atoms with Gasteiger partial charge in [0.15, 0.2) is 0 Å². The molecule has 68 valence electrons. The number of nitrogens with zero attached hydrogens (tertiary/aromatic N) is 2. The van der Waals surface area contributed by atoms with Gasteiger partial charge in [-0.1, -0.05) is 18.7 Å². The molecule has 2 nitrogen and oxygen atoms in total. The molecule has 0 atom stereocenters. The zero-order chi connectivity index (χ0) is 9.68. The lowest BCUT2D eigenvalue weighted by Gasteiger charge is -1.99. The van der Waals surface area contributed by atoms with Crippen LogP contribution in [-0.2, 0) is 0 Å². The molecular weight excluding hydrogens is 160 g/mol. The highest BCUT2D eigenvalue weighted by atomic mass is 15.3. The molecule has 0 saturated heterocycles. The maximum Gasteiger partial charge on any atom is 0.0642 e. The monoisotopic (exact) mass is 174 g/mol. The molecule has 0 amide bonds. The Balaban J connectivity index is 3.01. The lowest BCUT2D eigenvalue weighted by molar-refractivity contribution is 0.910. The molecule has 0 saturated carbocycles. The minimum Gasteiger partial charge on any atom is -0.241 e. The average Bonchev–Trinajstić information content (AvgIpc) is 2.51. The van der Waals surface area contributed by atoms with Gasteiger partial charge in [0.25, 0.3) is 0 Å². The molecule has 1 rings (SSSR count). The molecule has 0 aliphatic rings. The minimum absolute atomic E-state index is 1.02. The van der Waals surface area contributed by atoms with Crippen LogP contribution in [0.1, 0.15) is 12.5 Å². The van der Waals surface area contributed by atoms with E-state index < -0.39 is 0 Å². The number of allylic oxidation sites excluding steroid dienone is 5. The van der Waals surface area contributed by atoms with Gasteiger partial charge in [-0.15, -0.1) is 0 Å². The number of hydrogen-bond donors (Lipinski definition) is 0. The first kappa shape index (κ1) is 9.52. The Kier molecular flexibility index (Phi) is 3.26. The fraction of sp³-hybridized carbons (Fsp3) is 0.182. The highest BCUT2D eigenvalue weighted by Gasteiger charge is 1.95. The van der Waals surface area contributed by atoms with E-state index in [1.54, 1.807) is 6.08 Å². The van der Waals surface area contributed by atoms with Crippen molar-refractivity contribution >= 4 is 5.70 Å². The van der Waals surface area contributed by atoms with Crippen LogP contribution in [0.4, 0.5) is 0 Å². The van der Waals surface area contributed by atoms with Gasteiger partial charge in [-0.3, -0.25) is 0 Å². The molecule has 2 heteroatoms. The second-order valence-corrected chi connectivity index (χ2v) is 2.79. The van der Waals surface area contributed by atoms with Crippen molar-refractivity contribution in [3.63, 3.8) is 0 Å². The maximum absolute atomic E-state index is 4.20. The third-order valence-electron chi connectivity index (χ3n) is 1.60. The molecule has 0 spiro atoms. The van der Waals surface area contributed by atoms with E-state index in [9.17, 15) is 0 Å². The van der Waals surface area contributed by atoms with Gasteiger partial charge in [-0.2, -0.15) is 5.10 Å². The second kappa shape index (κ2) is 4.45. The molecule has 0 unspecified atom stereocenters. The van der Waals surface area contributed by atoms with Gasteiger partial charge in [0.2, 0.25) is 0 Å². The Bertz CT molecular complexity index is 343. The van der Waals surface area contributed by atoms with Gasteiger partial charge >= 0.3 is 0 Å². The second-order valence-electron chi connectivity index (χ2n) is 2.79. The quantitative estimate of drug-likeness (QED) is 0.644. The van der Waals surface area contributed by atoms with E-state index in [0.717, 1.165) is 11.3 Å². The zero-order valence-electron chi connectivity index (χ0n) is 8.07. The van der Waals surface area contributed by atoms with Crippen LogP contribution in [-0.4, -0.2) is 9.78 Å². The molecule has 0 bridgehead atoms. The number of aromatic nitrogens is 2. The van der Waals surface area contributed by atoms with Crippen molar-refractivity contribution in [2.24, 2.45) is 0 Å². The Labute approximate surface area is 78.9 Å². The summed E-state index contributed by atoms with van der Waals surface area (Å²) in [6, 6.07) is 0. The van der Waals surface area contributed by atoms with Crippen molar-refractivity contribution in [3.05, 3.63) is 48.8 Å². The Morgan fingerprint density at radius 2 is 2.38 bits per heavy atom. The minimum atomic E-state index is 1.02. The average molecular weight is 174 g/mol. The third kappa shape index (κ3) is 2.44. The zero-order valence-corrected chi connectivity index (χ0v) is 8.07. The van der Waals surface area contributed by atoms with Crippen molar-refractivity contribution in [1.82, 2.24) is 9.78 Å². The Morgan fingerprint density at radius 3 is 2.85 bits per heavy atom. The fourth-order valence-electron chi connectivity index (χ4n) is 1.05. The lowest BCUT2D eigenvalue weighted by atomic mass is 10.3. The van der Waals surface area contributed by atoms with E-state index in [2.05, 4.69) is 11.7 Å². The van der Waals surface area contributed by atoms with E-state index in [0.29, 0.717) is 0 Å². The molecule has 0 fully saturated rings. The van der Waals surface area contributed by atoms with Crippen molar-refractivity contribution < 1.29 is 0 Å². The Morgan fingerprint density at radius 1 is 1.62 bits per heavy atom. The van der Waals surface area contributed by atoms with E-state index in [1.807, 2.05) is 49.2 Å². The molecule has 0 N–H and O–H groups in total. The summed E-state index contributed by atoms with van der Waals surface area (Å²) in [5, 5.41) is 4.20. The van der Waals surface area contributed by atoms with Crippen LogP contribution in [0.15, 0.2) is 43.3 Å². The largest absolute Gasteiger partial charge is 0.241 e. The number of rotatable bonds is 3. The standard InChI is InChI=1S/C11H14N2/c1-4-6-11(7-5-2)13-9-10(3)8-12-13/h4-9H,1H2,2-3H3/b7-5-,11-6+. The fourth-order valence-corrected chi connectivity index (χ4v) is 1.05. The van der Waals surface area contributed by atoms with Crippen LogP contribution in [0, 0.1) is 6.92 Å². The van der Waals surface area contributed by atoms with Crippen LogP contribution >= 0.6 is 0 Å². The third-order valence-corrected chi connectivity index (χ3v) is 1.60. The summed E-state index contributed by atoms with van der Waals surface area (Å²) in [5.74, 6) is 0. The van der Waals surface area contributed by atoms with Gasteiger partial charge in [0.05, 0.1) is 11.9 Å². The van der Waals surface area contributed by atoms with Gasteiger partial charge in [0, 0.05) is 6.20 Å². The number of hydrogen-bond acceptors (Lipinski definition) is 1. The molecule has 0 aliphatic carbocycles. The summed E-state index contributed by atoms with van der Waals surface area (Å²) < 4.78 is 1.83. The highest BCUT2D eigenvalue weighted by molar-refractivity contribution is 5.57. The van der Waals surface area contributed by atoms with E-state index in [-0.39, 0.29) is 0 Å². The number of aryl methyl sites for hydroxylation is 1. The molecule has 0 aromatic carbocycles. The van der Waals surface area contributed by atoms with Gasteiger partial charge in [-0.25, -0.2) is 4.68 Å². The van der Waals surface area contributed by atoms with Crippen molar-refractivity contribution in [2.75, 3.05) is 0 Å². The smallest absolute Gasteiger partial charge is 0.0642 e. The first-order valence-corrected chi connectivity index (χ1v) is 4.25. The summed E-state index contributed by atoms with van der Waals surface area (Å²) in [4.78, 5) is 0. The first-order chi connectivity index (χ1) is 6.27. The van der Waals surface area contributed by atoms with Gasteiger partial charge < -0.3 is 0 Å². The van der Waals surface area contributed by atoms with Crippen molar-refractivity contribution in [2.45, 2.75) is 13.8 Å². The molecule has 1 aromatic heterocycles. The van der Waals surface area contributed by atoms with Crippen molar-refractivity contribution in [1.29, 1.82) is 0 Å². The van der Waals surface area contributed by atoms with Crippen LogP contribution in [0.2, 0.25) is 0 Å². The molecule has 0 radical (unpaired) electrons. The van der Waals surface area contributed by atoms with Gasteiger partial charge in [0.1, 0.15) is 0 Å². The van der Waals surface area contributed by atoms with E-state index in [1.165, 1.54) is 0 Å². The Hall–Kier alpha value is -1.57. The summed E-state index contributed by atoms with van der Waals surface area (Å²) in [5.41, 5.74) is 2.17. The van der Waals surface area contributed by atoms with Crippen LogP contribution < -0.4 is 0 Å². The predicted octanol–water partition coefficient (Wildman–Crippen LogP) is 2.79. The van der Waals surface area contributed by atoms with Gasteiger partial charge in [-0.05, 0) is 31.6 Å². The SMILES string of the molecule is C=C/C=C(\C=C/C)n1cc(C)cn1. The molecule has 1 aromatic rings. The predicted molar refractivity (Wildman–Crippen MR) is 56.2 cm³/mol. The molecule has 0 aliphatic heterocycles. The summed E-state index contributed by atoms with van der Waals surface area (Å²) in [6.07, 6.45) is 11.5. The molecular formula is C11H14N2. The summed E-state index contributed by atoms with van der Waals surface area (Å²) in [7, 11) is 0. The van der Waals surface area contributed by atoms with Crippen molar-refractivity contribution in [3.8, 4) is 0 Å². The topological polar surface area (TPSA) is 17.8 Å². The van der Waals surface area contributed by atoms with Crippen LogP contribution in [0.5, 0.6) is 0 Å². The molecule has 1 heterocycles. The maximum atomic E-state index is 4.20. The first-order valence-electron chi connectivity index (χ1n) is 4.25. The van der Waals surface area contributed by atoms with Crippen LogP contribution in [0.3, 0.4) is 0 Å². The van der Waals surface area contributed by atoms with E-state index in [4.69, 9.17) is 0 Å². The summed E-state index contributed by atoms with van der Waals surface area (Å²) in [6.45, 7) is 7.66.